The number of nitrogens with one attached hydrogen (secondary N) is 4. The van der Waals surface area contributed by atoms with Gasteiger partial charge >= 0.3 is 0 Å². The Morgan fingerprint density at radius 3 is 2.41 bits per heavy atom. The number of benzene rings is 1. The topological polar surface area (TPSA) is 98.0 Å². The maximum Gasteiger partial charge on any atom is 0.226 e. The van der Waals surface area contributed by atoms with Crippen LogP contribution in [0.2, 0.25) is 5.02 Å². The van der Waals surface area contributed by atoms with E-state index in [1.807, 2.05) is 46.5 Å². The van der Waals surface area contributed by atoms with Crippen LogP contribution in [0.4, 0.5) is 21.6 Å². The number of rotatable bonds is 14. The number of amides is 1. The Morgan fingerprint density at radius 2 is 1.80 bits per heavy atom. The number of carbonyl (C=O) groups is 1. The number of thioether (sulfide) groups is 1. The number of halogens is 2. The van der Waals surface area contributed by atoms with E-state index in [2.05, 4.69) is 56.1 Å². The first-order chi connectivity index (χ1) is 21.3. The van der Waals surface area contributed by atoms with Gasteiger partial charge in [0.05, 0.1) is 11.4 Å². The highest BCUT2D eigenvalue weighted by molar-refractivity contribution is 7.98. The predicted octanol–water partition coefficient (Wildman–Crippen LogP) is 8.81. The zero-order chi connectivity index (χ0) is 33.3. The van der Waals surface area contributed by atoms with Gasteiger partial charge in [-0.15, -0.1) is 0 Å². The van der Waals surface area contributed by atoms with E-state index in [9.17, 15) is 9.18 Å². The second-order valence-corrected chi connectivity index (χ2v) is 10.7. The average Bonchev–Trinajstić information content (AvgIpc) is 3.04. The number of pyridine rings is 1. The maximum atomic E-state index is 14.3. The number of aromatic amines is 1. The van der Waals surface area contributed by atoms with Crippen molar-refractivity contribution in [3.8, 4) is 11.3 Å². The molecule has 3 aromatic rings. The fourth-order valence-electron chi connectivity index (χ4n) is 3.65. The summed E-state index contributed by atoms with van der Waals surface area (Å²) >= 11 is 13.3. The maximum absolute atomic E-state index is 14.3. The minimum Gasteiger partial charge on any atom is -0.353 e. The molecular weight excluding hydrogens is 617 g/mol. The van der Waals surface area contributed by atoms with Crippen molar-refractivity contribution in [2.75, 3.05) is 55.9 Å². The highest BCUT2D eigenvalue weighted by atomic mass is 35.5. The molecule has 0 aliphatic heterocycles. The third kappa shape index (κ3) is 16.5. The Morgan fingerprint density at radius 1 is 1.07 bits per heavy atom. The molecule has 246 valence electrons. The Bertz CT molecular complexity index is 1260. The predicted molar refractivity (Wildman–Crippen MR) is 193 cm³/mol. The smallest absolute Gasteiger partial charge is 0.226 e. The molecule has 0 saturated carbocycles. The molecule has 0 unspecified atom stereocenters. The van der Waals surface area contributed by atoms with Crippen molar-refractivity contribution in [1.82, 2.24) is 25.4 Å². The molecular formula is C32H51ClFN7OS2. The van der Waals surface area contributed by atoms with Crippen molar-refractivity contribution >= 4 is 58.7 Å². The molecule has 1 aromatic carbocycles. The van der Waals surface area contributed by atoms with Gasteiger partial charge in [0, 0.05) is 54.6 Å². The molecule has 12 heteroatoms. The van der Waals surface area contributed by atoms with E-state index < -0.39 is 5.82 Å². The molecule has 0 atom stereocenters. The molecule has 2 heterocycles. The van der Waals surface area contributed by atoms with Crippen LogP contribution in [-0.4, -0.2) is 71.2 Å². The van der Waals surface area contributed by atoms with Crippen LogP contribution in [0.15, 0.2) is 42.6 Å². The molecule has 0 radical (unpaired) electrons. The molecule has 2 aromatic heterocycles. The number of H-pyrrole nitrogens is 1. The van der Waals surface area contributed by atoms with Gasteiger partial charge in [-0.05, 0) is 68.8 Å². The second kappa shape index (κ2) is 25.7. The number of carbonyl (C=O) groups excluding carboxylic acids is 1. The number of anilines is 3. The quantitative estimate of drug-likeness (QED) is 0.127. The number of nitrogens with zero attached hydrogens (tertiary/aromatic N) is 3. The minimum atomic E-state index is -0.448. The van der Waals surface area contributed by atoms with E-state index in [4.69, 9.17) is 23.8 Å². The Labute approximate surface area is 278 Å². The average molecular weight is 668 g/mol. The molecule has 0 saturated heterocycles. The van der Waals surface area contributed by atoms with E-state index >= 15 is 0 Å². The van der Waals surface area contributed by atoms with Crippen LogP contribution >= 0.6 is 35.6 Å². The van der Waals surface area contributed by atoms with Gasteiger partial charge in [-0.3, -0.25) is 9.89 Å². The summed E-state index contributed by atoms with van der Waals surface area (Å²) in [6.45, 7) is 15.7. The Kier molecular flexibility index (Phi) is 24.2. The van der Waals surface area contributed by atoms with Crippen molar-refractivity contribution in [3.63, 3.8) is 0 Å². The van der Waals surface area contributed by atoms with Gasteiger partial charge < -0.3 is 20.9 Å². The zero-order valence-electron chi connectivity index (χ0n) is 27.5. The standard InChI is InChI=1S/C24H29ClFN7OS.C4H10S.2C2H6/c1-3-10-33(12-9-27-2)11-7-23(34)30-22-14-17(6-8-28-22)29-21-15-20(31-32-24(21)35)18-13-16(25)4-5-19(18)26;1-3-4-5-2;2*1-2/h4-6,8,13-15,27H,3,7,9-12H2,1-2H3,(H,32,35)(H2,28,29,30,31,34);3-4H2,1-2H3;2*1-2H3. The number of hydrogen-bond acceptors (Lipinski definition) is 8. The van der Waals surface area contributed by atoms with Gasteiger partial charge in [-0.1, -0.05) is 65.4 Å². The number of likely N-dealkylation sites (N-methyl/N-ethyl adjacent to an activating group) is 1. The molecule has 44 heavy (non-hydrogen) atoms. The first kappa shape index (κ1) is 41.4. The molecule has 4 N–H and O–H groups in total. The molecule has 0 spiro atoms. The summed E-state index contributed by atoms with van der Waals surface area (Å²) in [6.07, 6.45) is 6.42. The summed E-state index contributed by atoms with van der Waals surface area (Å²) in [5.41, 5.74) is 1.77. The second-order valence-electron chi connectivity index (χ2n) is 8.91. The molecule has 0 aliphatic carbocycles. The molecule has 0 aliphatic rings. The molecule has 0 fully saturated rings. The molecule has 0 bridgehead atoms. The van der Waals surface area contributed by atoms with Crippen molar-refractivity contribution in [3.05, 3.63) is 58.1 Å². The van der Waals surface area contributed by atoms with E-state index in [1.54, 1.807) is 24.4 Å². The van der Waals surface area contributed by atoms with Gasteiger partial charge in [0.2, 0.25) is 5.91 Å². The van der Waals surface area contributed by atoms with Crippen LogP contribution in [0.25, 0.3) is 11.3 Å². The lowest BCUT2D eigenvalue weighted by molar-refractivity contribution is -0.116. The first-order valence-corrected chi connectivity index (χ1v) is 17.4. The van der Waals surface area contributed by atoms with Crippen molar-refractivity contribution in [2.45, 2.75) is 60.8 Å². The summed E-state index contributed by atoms with van der Waals surface area (Å²) < 4.78 is 14.6. The summed E-state index contributed by atoms with van der Waals surface area (Å²) in [4.78, 5) is 19.0. The SMILES string of the molecule is CC.CC.CCCN(CCNC)CCC(=O)Nc1cc(Nc2cc(-c3cc(Cl)ccc3F)n[nH]c2=S)ccn1.CCCSC. The fraction of sp³-hybridized carbons (Fsp3) is 0.500. The lowest BCUT2D eigenvalue weighted by Crippen LogP contribution is -2.34. The Hall–Kier alpha value is -2.57. The van der Waals surface area contributed by atoms with Crippen LogP contribution in [0.1, 0.15) is 60.8 Å². The van der Waals surface area contributed by atoms with Crippen LogP contribution in [0.5, 0.6) is 0 Å². The normalized spacial score (nSPS) is 9.98. The van der Waals surface area contributed by atoms with Crippen LogP contribution in [0.3, 0.4) is 0 Å². The summed E-state index contributed by atoms with van der Waals surface area (Å²) in [5, 5.41) is 16.4. The highest BCUT2D eigenvalue weighted by Crippen LogP contribution is 2.27. The van der Waals surface area contributed by atoms with Crippen LogP contribution in [0, 0.1) is 10.5 Å². The summed E-state index contributed by atoms with van der Waals surface area (Å²) in [5.74, 6) is 1.16. The van der Waals surface area contributed by atoms with Crippen molar-refractivity contribution < 1.29 is 9.18 Å². The van der Waals surface area contributed by atoms with Crippen LogP contribution in [-0.2, 0) is 4.79 Å². The van der Waals surface area contributed by atoms with E-state index in [0.29, 0.717) is 45.5 Å². The van der Waals surface area contributed by atoms with E-state index in [1.165, 1.54) is 30.4 Å². The van der Waals surface area contributed by atoms with Gasteiger partial charge in [-0.25, -0.2) is 9.37 Å². The third-order valence-corrected chi connectivity index (χ3v) is 6.96. The molecule has 8 nitrogen and oxygen atoms in total. The zero-order valence-corrected chi connectivity index (χ0v) is 29.9. The Balaban J connectivity index is 0.00000183. The third-order valence-electron chi connectivity index (χ3n) is 5.60. The van der Waals surface area contributed by atoms with Gasteiger partial charge in [-0.2, -0.15) is 16.9 Å². The van der Waals surface area contributed by atoms with Crippen LogP contribution < -0.4 is 16.0 Å². The molecule has 3 rings (SSSR count). The molecule has 1 amide bonds. The van der Waals surface area contributed by atoms with Crippen molar-refractivity contribution in [2.24, 2.45) is 0 Å². The van der Waals surface area contributed by atoms with E-state index in [-0.39, 0.29) is 11.5 Å². The van der Waals surface area contributed by atoms with Gasteiger partial charge in [0.15, 0.2) is 0 Å². The fourth-order valence-corrected chi connectivity index (χ4v) is 4.39. The van der Waals surface area contributed by atoms with Crippen molar-refractivity contribution in [1.29, 1.82) is 0 Å². The summed E-state index contributed by atoms with van der Waals surface area (Å²) in [7, 11) is 1.92. The minimum absolute atomic E-state index is 0.111. The van der Waals surface area contributed by atoms with Gasteiger partial charge in [0.25, 0.3) is 0 Å². The lowest BCUT2D eigenvalue weighted by atomic mass is 10.1. The number of hydrogen-bond donors (Lipinski definition) is 4. The first-order valence-electron chi connectivity index (χ1n) is 15.2. The number of aromatic nitrogens is 3. The lowest BCUT2D eigenvalue weighted by Gasteiger charge is -2.21. The summed E-state index contributed by atoms with van der Waals surface area (Å²) in [6, 6.07) is 9.35. The van der Waals surface area contributed by atoms with Gasteiger partial charge in [0.1, 0.15) is 16.3 Å². The monoisotopic (exact) mass is 667 g/mol. The highest BCUT2D eigenvalue weighted by Gasteiger charge is 2.11. The van der Waals surface area contributed by atoms with E-state index in [0.717, 1.165) is 26.1 Å². The largest absolute Gasteiger partial charge is 0.353 e.